The van der Waals surface area contributed by atoms with Gasteiger partial charge < -0.3 is 9.29 Å². The number of halogens is 1. The molecule has 0 bridgehead atoms. The summed E-state index contributed by atoms with van der Waals surface area (Å²) in [6.45, 7) is 0. The van der Waals surface area contributed by atoms with Crippen molar-refractivity contribution in [2.45, 2.75) is 11.4 Å². The standard InChI is InChI=1S/C21H17BrO3S/c1-25-21(26(23)24)12-11-15-13-16(22)9-10-18(15)20(21)19-8-4-6-14-5-2-3-7-17(14)19/h2-11,13H,12H2,1H3,(H,23,24)/t21-/m0/s1. The maximum Gasteiger partial charge on any atom is 0.197 e. The lowest BCUT2D eigenvalue weighted by molar-refractivity contribution is 0.112. The summed E-state index contributed by atoms with van der Waals surface area (Å²) in [5.41, 5.74) is 1.67. The number of rotatable bonds is 3. The van der Waals surface area contributed by atoms with Crippen molar-refractivity contribution >= 4 is 49.4 Å². The molecule has 0 amide bonds. The van der Waals surface area contributed by atoms with Crippen LogP contribution in [0.15, 0.2) is 65.1 Å². The van der Waals surface area contributed by atoms with Gasteiger partial charge in [0.25, 0.3) is 0 Å². The van der Waals surface area contributed by atoms with Gasteiger partial charge in [0.1, 0.15) is 0 Å². The Balaban J connectivity index is 2.21. The summed E-state index contributed by atoms with van der Waals surface area (Å²) in [7, 11) is 1.50. The summed E-state index contributed by atoms with van der Waals surface area (Å²) >= 11 is 1.31. The van der Waals surface area contributed by atoms with E-state index in [-0.39, 0.29) is 0 Å². The number of ether oxygens (including phenoxy) is 1. The zero-order valence-electron chi connectivity index (χ0n) is 14.1. The molecule has 0 aromatic heterocycles. The summed E-state index contributed by atoms with van der Waals surface area (Å²) in [5.74, 6) is 0. The Morgan fingerprint density at radius 2 is 1.88 bits per heavy atom. The smallest absolute Gasteiger partial charge is 0.197 e. The van der Waals surface area contributed by atoms with Crippen molar-refractivity contribution in [3.8, 4) is 0 Å². The van der Waals surface area contributed by atoms with Crippen LogP contribution in [0.5, 0.6) is 0 Å². The molecule has 0 heterocycles. The van der Waals surface area contributed by atoms with Crippen molar-refractivity contribution < 1.29 is 13.5 Å². The highest BCUT2D eigenvalue weighted by atomic mass is 79.9. The van der Waals surface area contributed by atoms with E-state index in [1.807, 2.05) is 66.7 Å². The monoisotopic (exact) mass is 428 g/mol. The molecule has 132 valence electrons. The van der Waals surface area contributed by atoms with Gasteiger partial charge in [-0.3, -0.25) is 0 Å². The van der Waals surface area contributed by atoms with E-state index < -0.39 is 16.0 Å². The topological polar surface area (TPSA) is 46.5 Å². The van der Waals surface area contributed by atoms with Crippen LogP contribution in [-0.4, -0.2) is 20.8 Å². The third-order valence-corrected chi connectivity index (χ3v) is 6.52. The molecule has 3 aromatic rings. The zero-order valence-corrected chi connectivity index (χ0v) is 16.5. The molecule has 0 spiro atoms. The SMILES string of the molecule is CO[C@]1(S(=O)O)CC=c2cc(Br)ccc2=C1c1cccc2ccccc12. The summed E-state index contributed by atoms with van der Waals surface area (Å²) in [4.78, 5) is -1.30. The molecule has 0 saturated carbocycles. The van der Waals surface area contributed by atoms with Crippen LogP contribution >= 0.6 is 15.9 Å². The number of fused-ring (bicyclic) bond motifs is 2. The van der Waals surface area contributed by atoms with E-state index in [1.54, 1.807) is 0 Å². The second kappa shape index (κ2) is 6.74. The van der Waals surface area contributed by atoms with Gasteiger partial charge in [0.15, 0.2) is 16.0 Å². The van der Waals surface area contributed by atoms with Crippen LogP contribution in [-0.2, 0) is 15.8 Å². The van der Waals surface area contributed by atoms with Crippen molar-refractivity contribution in [3.05, 3.63) is 81.1 Å². The second-order valence-electron chi connectivity index (χ2n) is 6.25. The van der Waals surface area contributed by atoms with Crippen LogP contribution in [0, 0.1) is 0 Å². The van der Waals surface area contributed by atoms with E-state index in [9.17, 15) is 8.76 Å². The van der Waals surface area contributed by atoms with Gasteiger partial charge in [0.05, 0.1) is 0 Å². The molecule has 1 unspecified atom stereocenters. The normalized spacial score (nSPS) is 20.5. The van der Waals surface area contributed by atoms with Crippen molar-refractivity contribution in [3.63, 3.8) is 0 Å². The van der Waals surface area contributed by atoms with Gasteiger partial charge in [0, 0.05) is 23.6 Å². The highest BCUT2D eigenvalue weighted by molar-refractivity contribution is 9.10. The fourth-order valence-corrected chi connectivity index (χ4v) is 4.83. The van der Waals surface area contributed by atoms with Crippen molar-refractivity contribution in [2.24, 2.45) is 0 Å². The Hall–Kier alpha value is -1.79. The molecule has 0 fully saturated rings. The average molecular weight is 429 g/mol. The van der Waals surface area contributed by atoms with Crippen molar-refractivity contribution in [2.75, 3.05) is 7.11 Å². The molecule has 5 heteroatoms. The largest absolute Gasteiger partial charge is 0.358 e. The Kier molecular flexibility index (Phi) is 4.57. The summed E-state index contributed by atoms with van der Waals surface area (Å²) in [6, 6.07) is 20.0. The molecule has 26 heavy (non-hydrogen) atoms. The molecule has 3 nitrogen and oxygen atoms in total. The molecule has 1 N–H and O–H groups in total. The molecular formula is C21H17BrO3S. The minimum atomic E-state index is -2.20. The minimum absolute atomic E-state index is 0.328. The third kappa shape index (κ3) is 2.67. The van der Waals surface area contributed by atoms with Crippen LogP contribution in [0.1, 0.15) is 12.0 Å². The molecular weight excluding hydrogens is 412 g/mol. The van der Waals surface area contributed by atoms with Gasteiger partial charge in [-0.05, 0) is 38.9 Å². The van der Waals surface area contributed by atoms with E-state index in [4.69, 9.17) is 4.74 Å². The van der Waals surface area contributed by atoms with Crippen LogP contribution in [0.3, 0.4) is 0 Å². The molecule has 1 aliphatic rings. The average Bonchev–Trinajstić information content (AvgIpc) is 2.66. The summed E-state index contributed by atoms with van der Waals surface area (Å²) in [5, 5.41) is 4.06. The fraction of sp³-hybridized carbons (Fsp3) is 0.143. The Morgan fingerprint density at radius 1 is 1.12 bits per heavy atom. The summed E-state index contributed by atoms with van der Waals surface area (Å²) < 4.78 is 29.3. The zero-order chi connectivity index (χ0) is 18.3. The molecule has 0 radical (unpaired) electrons. The van der Waals surface area contributed by atoms with Gasteiger partial charge in [-0.25, -0.2) is 4.21 Å². The molecule has 1 aliphatic carbocycles. The van der Waals surface area contributed by atoms with Crippen LogP contribution in [0.4, 0.5) is 0 Å². The fourth-order valence-electron chi connectivity index (χ4n) is 3.69. The first kappa shape index (κ1) is 17.6. The summed E-state index contributed by atoms with van der Waals surface area (Å²) in [6.07, 6.45) is 2.29. The first-order chi connectivity index (χ1) is 12.6. The van der Waals surface area contributed by atoms with Gasteiger partial charge in [-0.15, -0.1) is 0 Å². The molecule has 2 atom stereocenters. The van der Waals surface area contributed by atoms with Crippen LogP contribution in [0.2, 0.25) is 0 Å². The van der Waals surface area contributed by atoms with E-state index in [1.165, 1.54) is 7.11 Å². The number of hydrogen-bond acceptors (Lipinski definition) is 2. The molecule has 4 rings (SSSR count). The first-order valence-electron chi connectivity index (χ1n) is 8.21. The highest BCUT2D eigenvalue weighted by Crippen LogP contribution is 2.38. The van der Waals surface area contributed by atoms with Crippen molar-refractivity contribution in [1.82, 2.24) is 0 Å². The quantitative estimate of drug-likeness (QED) is 0.648. The predicted molar refractivity (Wildman–Crippen MR) is 109 cm³/mol. The molecule has 3 aromatic carbocycles. The van der Waals surface area contributed by atoms with E-state index in [0.29, 0.717) is 6.42 Å². The lowest BCUT2D eigenvalue weighted by Crippen LogP contribution is -2.47. The second-order valence-corrected chi connectivity index (χ2v) is 8.32. The molecule has 0 aliphatic heterocycles. The Labute approximate surface area is 162 Å². The lowest BCUT2D eigenvalue weighted by Gasteiger charge is -2.33. The van der Waals surface area contributed by atoms with Gasteiger partial charge in [0.2, 0.25) is 0 Å². The maximum absolute atomic E-state index is 12.4. The van der Waals surface area contributed by atoms with Gasteiger partial charge in [-0.2, -0.15) is 0 Å². The number of hydrogen-bond donors (Lipinski definition) is 1. The van der Waals surface area contributed by atoms with Gasteiger partial charge >= 0.3 is 0 Å². The Morgan fingerprint density at radius 3 is 2.65 bits per heavy atom. The number of methoxy groups -OCH3 is 1. The highest BCUT2D eigenvalue weighted by Gasteiger charge is 2.43. The predicted octanol–water partition coefficient (Wildman–Crippen LogP) is 3.55. The van der Waals surface area contributed by atoms with Crippen molar-refractivity contribution in [1.29, 1.82) is 0 Å². The third-order valence-electron chi connectivity index (χ3n) is 4.93. The van der Waals surface area contributed by atoms with E-state index in [2.05, 4.69) is 15.9 Å². The first-order valence-corrected chi connectivity index (χ1v) is 10.1. The van der Waals surface area contributed by atoms with Gasteiger partial charge in [-0.1, -0.05) is 70.5 Å². The Bertz CT molecular complexity index is 1150. The molecule has 0 saturated heterocycles. The van der Waals surface area contributed by atoms with E-state index >= 15 is 0 Å². The lowest BCUT2D eigenvalue weighted by atomic mass is 9.88. The van der Waals surface area contributed by atoms with Crippen LogP contribution < -0.4 is 10.4 Å². The maximum atomic E-state index is 12.4. The van der Waals surface area contributed by atoms with Crippen LogP contribution in [0.25, 0.3) is 22.4 Å². The van der Waals surface area contributed by atoms with E-state index in [0.717, 1.165) is 36.8 Å². The minimum Gasteiger partial charge on any atom is -0.358 e. The number of benzene rings is 3.